The van der Waals surface area contributed by atoms with E-state index in [1.807, 2.05) is 24.3 Å². The summed E-state index contributed by atoms with van der Waals surface area (Å²) in [7, 11) is 1.58. The lowest BCUT2D eigenvalue weighted by Gasteiger charge is -2.31. The Morgan fingerprint density at radius 2 is 1.74 bits per heavy atom. The molecule has 2 amide bonds. The van der Waals surface area contributed by atoms with Crippen LogP contribution in [0.4, 0.5) is 0 Å². The van der Waals surface area contributed by atoms with Crippen LogP contribution >= 0.6 is 0 Å². The molecule has 5 rings (SSSR count). The molecule has 0 atom stereocenters. The Morgan fingerprint density at radius 1 is 0.949 bits per heavy atom. The Hall–Kier alpha value is -4.02. The molecule has 1 fully saturated rings. The van der Waals surface area contributed by atoms with Crippen molar-refractivity contribution >= 4 is 11.8 Å². The summed E-state index contributed by atoms with van der Waals surface area (Å²) < 4.78 is 27.2. The molecule has 0 bridgehead atoms. The van der Waals surface area contributed by atoms with Gasteiger partial charge in [-0.25, -0.2) is 0 Å². The Balaban J connectivity index is 1.34. The summed E-state index contributed by atoms with van der Waals surface area (Å²) >= 11 is 0. The zero-order chi connectivity index (χ0) is 27.0. The van der Waals surface area contributed by atoms with E-state index >= 15 is 0 Å². The molecule has 3 heterocycles. The topological polar surface area (TPSA) is 93.9 Å². The zero-order valence-corrected chi connectivity index (χ0v) is 22.0. The maximum absolute atomic E-state index is 13.8. The van der Waals surface area contributed by atoms with Crippen LogP contribution in [0.2, 0.25) is 0 Å². The third-order valence-electron chi connectivity index (χ3n) is 6.83. The van der Waals surface area contributed by atoms with Gasteiger partial charge in [-0.3, -0.25) is 14.5 Å². The van der Waals surface area contributed by atoms with Gasteiger partial charge in [0, 0.05) is 38.3 Å². The highest BCUT2D eigenvalue weighted by Crippen LogP contribution is 2.33. The summed E-state index contributed by atoms with van der Waals surface area (Å²) in [6, 6.07) is 16.2. The van der Waals surface area contributed by atoms with Crippen molar-refractivity contribution in [2.45, 2.75) is 13.1 Å². The number of carbonyl (C=O) groups excluding carboxylic acids is 2. The molecule has 1 aromatic heterocycles. The lowest BCUT2D eigenvalue weighted by atomic mass is 10.1. The molecule has 0 N–H and O–H groups in total. The van der Waals surface area contributed by atoms with Gasteiger partial charge in [-0.05, 0) is 54.1 Å². The lowest BCUT2D eigenvalue weighted by Crippen LogP contribution is -2.47. The first kappa shape index (κ1) is 26.6. The van der Waals surface area contributed by atoms with Gasteiger partial charge < -0.3 is 33.2 Å². The number of furan rings is 1. The molecule has 0 saturated carbocycles. The third-order valence-corrected chi connectivity index (χ3v) is 6.83. The molecule has 0 spiro atoms. The molecule has 1 saturated heterocycles. The van der Waals surface area contributed by atoms with Gasteiger partial charge in [-0.15, -0.1) is 0 Å². The maximum Gasteiger partial charge on any atom is 0.254 e. The third kappa shape index (κ3) is 6.90. The predicted molar refractivity (Wildman–Crippen MR) is 142 cm³/mol. The van der Waals surface area contributed by atoms with Crippen LogP contribution < -0.4 is 14.2 Å². The Kier molecular flexibility index (Phi) is 8.65. The first-order valence-electron chi connectivity index (χ1n) is 13.0. The predicted octanol–water partition coefficient (Wildman–Crippen LogP) is 3.02. The highest BCUT2D eigenvalue weighted by atomic mass is 16.7. The number of benzene rings is 2. The van der Waals surface area contributed by atoms with Crippen LogP contribution in [-0.4, -0.2) is 86.4 Å². The second-order valence-corrected chi connectivity index (χ2v) is 9.43. The van der Waals surface area contributed by atoms with Crippen LogP contribution in [0.5, 0.6) is 17.2 Å². The van der Waals surface area contributed by atoms with E-state index < -0.39 is 0 Å². The number of amides is 2. The Morgan fingerprint density at radius 3 is 2.49 bits per heavy atom. The number of nitrogens with zero attached hydrogens (tertiary/aromatic N) is 3. The molecular formula is C29H33N3O7. The van der Waals surface area contributed by atoms with Crippen molar-refractivity contribution in [2.75, 3.05) is 59.8 Å². The fourth-order valence-corrected chi connectivity index (χ4v) is 4.60. The van der Waals surface area contributed by atoms with E-state index in [1.54, 1.807) is 53.5 Å². The van der Waals surface area contributed by atoms with Gasteiger partial charge in [0.1, 0.15) is 18.1 Å². The number of rotatable bonds is 11. The van der Waals surface area contributed by atoms with Gasteiger partial charge in [0.2, 0.25) is 12.7 Å². The van der Waals surface area contributed by atoms with Crippen molar-refractivity contribution in [1.82, 2.24) is 14.7 Å². The molecule has 0 radical (unpaired) electrons. The number of ether oxygens (including phenoxy) is 4. The van der Waals surface area contributed by atoms with Crippen molar-refractivity contribution in [3.63, 3.8) is 0 Å². The smallest absolute Gasteiger partial charge is 0.254 e. The van der Waals surface area contributed by atoms with Crippen molar-refractivity contribution < 1.29 is 33.0 Å². The minimum absolute atomic E-state index is 0.0690. The van der Waals surface area contributed by atoms with Crippen LogP contribution in [-0.2, 0) is 22.6 Å². The van der Waals surface area contributed by atoms with E-state index in [0.717, 1.165) is 18.7 Å². The average Bonchev–Trinajstić information content (AvgIpc) is 3.67. The fourth-order valence-electron chi connectivity index (χ4n) is 4.60. The zero-order valence-electron chi connectivity index (χ0n) is 22.0. The number of methoxy groups -OCH3 is 1. The van der Waals surface area contributed by atoms with Crippen molar-refractivity contribution in [3.8, 4) is 17.2 Å². The van der Waals surface area contributed by atoms with E-state index in [0.29, 0.717) is 61.4 Å². The number of carbonyl (C=O) groups is 2. The van der Waals surface area contributed by atoms with E-state index in [-0.39, 0.29) is 31.7 Å². The van der Waals surface area contributed by atoms with E-state index in [4.69, 9.17) is 23.4 Å². The van der Waals surface area contributed by atoms with Crippen molar-refractivity contribution in [2.24, 2.45) is 0 Å². The van der Waals surface area contributed by atoms with Crippen LogP contribution in [0, 0.1) is 0 Å². The molecule has 10 heteroatoms. The number of morpholine rings is 1. The van der Waals surface area contributed by atoms with Crippen LogP contribution in [0.15, 0.2) is 65.3 Å². The number of hydrogen-bond donors (Lipinski definition) is 0. The van der Waals surface area contributed by atoms with Crippen LogP contribution in [0.3, 0.4) is 0 Å². The van der Waals surface area contributed by atoms with E-state index in [1.165, 1.54) is 0 Å². The van der Waals surface area contributed by atoms with Gasteiger partial charge in [-0.2, -0.15) is 0 Å². The number of hydrogen-bond acceptors (Lipinski definition) is 8. The minimum Gasteiger partial charge on any atom is -0.497 e. The monoisotopic (exact) mass is 535 g/mol. The van der Waals surface area contributed by atoms with Gasteiger partial charge in [0.05, 0.1) is 33.1 Å². The summed E-state index contributed by atoms with van der Waals surface area (Å²) in [5, 5.41) is 0. The highest BCUT2D eigenvalue weighted by molar-refractivity contribution is 5.96. The molecule has 39 heavy (non-hydrogen) atoms. The van der Waals surface area contributed by atoms with E-state index in [9.17, 15) is 9.59 Å². The first-order chi connectivity index (χ1) is 19.1. The maximum atomic E-state index is 13.8. The lowest BCUT2D eigenvalue weighted by molar-refractivity contribution is -0.133. The average molecular weight is 536 g/mol. The standard InChI is InChI=1S/C29H33N3O7/c1-35-24-7-5-23(6-8-24)29(34)31(11-10-30-12-15-36-16-13-30)20-28(33)32(19-25-3-2-14-37-25)18-22-4-9-26-27(17-22)39-21-38-26/h2-9,14,17H,10-13,15-16,18-21H2,1H3. The van der Waals surface area contributed by atoms with Crippen LogP contribution in [0.25, 0.3) is 0 Å². The normalized spacial score (nSPS) is 14.7. The van der Waals surface area contributed by atoms with Gasteiger partial charge in [0.15, 0.2) is 11.5 Å². The van der Waals surface area contributed by atoms with Gasteiger partial charge in [0.25, 0.3) is 5.91 Å². The highest BCUT2D eigenvalue weighted by Gasteiger charge is 2.25. The SMILES string of the molecule is COc1ccc(C(=O)N(CCN2CCOCC2)CC(=O)N(Cc2ccc3c(c2)OCO3)Cc2ccco2)cc1. The Labute approximate surface area is 227 Å². The summed E-state index contributed by atoms with van der Waals surface area (Å²) in [5.41, 5.74) is 1.39. The molecule has 0 aliphatic carbocycles. The summed E-state index contributed by atoms with van der Waals surface area (Å²) in [4.78, 5) is 32.9. The molecule has 3 aromatic rings. The van der Waals surface area contributed by atoms with E-state index in [2.05, 4.69) is 4.90 Å². The van der Waals surface area contributed by atoms with Crippen molar-refractivity contribution in [1.29, 1.82) is 0 Å². The molecule has 2 aromatic carbocycles. The van der Waals surface area contributed by atoms with Gasteiger partial charge in [-0.1, -0.05) is 6.07 Å². The molecule has 206 valence electrons. The quantitative estimate of drug-likeness (QED) is 0.370. The molecule has 0 unspecified atom stereocenters. The molecular weight excluding hydrogens is 502 g/mol. The van der Waals surface area contributed by atoms with Crippen molar-refractivity contribution in [3.05, 3.63) is 77.7 Å². The second kappa shape index (κ2) is 12.7. The molecule has 2 aliphatic rings. The van der Waals surface area contributed by atoms with Crippen LogP contribution in [0.1, 0.15) is 21.7 Å². The van der Waals surface area contributed by atoms with Gasteiger partial charge >= 0.3 is 0 Å². The molecule has 10 nitrogen and oxygen atoms in total. The fraction of sp³-hybridized carbons (Fsp3) is 0.379. The Bertz CT molecular complexity index is 1240. The largest absolute Gasteiger partial charge is 0.497 e. The first-order valence-corrected chi connectivity index (χ1v) is 13.0. The number of fused-ring (bicyclic) bond motifs is 1. The summed E-state index contributed by atoms with van der Waals surface area (Å²) in [6.07, 6.45) is 1.58. The minimum atomic E-state index is -0.208. The summed E-state index contributed by atoms with van der Waals surface area (Å²) in [5.74, 6) is 2.26. The summed E-state index contributed by atoms with van der Waals surface area (Å²) in [6.45, 7) is 4.70. The second-order valence-electron chi connectivity index (χ2n) is 9.43. The molecule has 2 aliphatic heterocycles.